The maximum atomic E-state index is 13.6. The molecule has 1 atom stereocenters. The molecular weight excluding hydrogens is 385 g/mol. The Labute approximate surface area is 171 Å². The highest BCUT2D eigenvalue weighted by molar-refractivity contribution is 5.75. The number of nitrogens with one attached hydrogen (secondary N) is 2. The Kier molecular flexibility index (Phi) is 3.98. The van der Waals surface area contributed by atoms with Gasteiger partial charge in [-0.25, -0.2) is 9.37 Å². The van der Waals surface area contributed by atoms with Gasteiger partial charge in [-0.05, 0) is 55.8 Å². The zero-order valence-electron chi connectivity index (χ0n) is 16.2. The number of aromatic nitrogens is 4. The van der Waals surface area contributed by atoms with E-state index in [9.17, 15) is 4.39 Å². The number of benzene rings is 2. The van der Waals surface area contributed by atoms with Crippen molar-refractivity contribution < 1.29 is 13.9 Å². The quantitative estimate of drug-likeness (QED) is 0.533. The molecule has 0 spiro atoms. The van der Waals surface area contributed by atoms with Crippen LogP contribution >= 0.6 is 0 Å². The van der Waals surface area contributed by atoms with Gasteiger partial charge in [-0.2, -0.15) is 5.10 Å². The molecule has 0 radical (unpaired) electrons. The summed E-state index contributed by atoms with van der Waals surface area (Å²) >= 11 is 0. The van der Waals surface area contributed by atoms with Crippen LogP contribution in [0.4, 0.5) is 4.39 Å². The van der Waals surface area contributed by atoms with Gasteiger partial charge in [0, 0.05) is 17.7 Å². The zero-order chi connectivity index (χ0) is 20.1. The van der Waals surface area contributed by atoms with Gasteiger partial charge in [-0.15, -0.1) is 0 Å². The van der Waals surface area contributed by atoms with Gasteiger partial charge in [0.1, 0.15) is 11.6 Å². The lowest BCUT2D eigenvalue weighted by molar-refractivity contribution is 0.174. The second kappa shape index (κ2) is 6.84. The highest BCUT2D eigenvalue weighted by atomic mass is 19.1. The van der Waals surface area contributed by atoms with Crippen LogP contribution in [0.2, 0.25) is 0 Å². The van der Waals surface area contributed by atoms with Crippen molar-refractivity contribution in [3.63, 3.8) is 0 Å². The first-order valence-electron chi connectivity index (χ1n) is 10.1. The van der Waals surface area contributed by atoms with Crippen LogP contribution in [0.5, 0.6) is 11.5 Å². The topological polar surface area (TPSA) is 79.1 Å². The molecule has 30 heavy (non-hydrogen) atoms. The van der Waals surface area contributed by atoms with E-state index in [1.807, 2.05) is 24.4 Å². The number of rotatable bonds is 4. The number of fused-ring (bicyclic) bond motifs is 2. The first-order chi connectivity index (χ1) is 14.7. The zero-order valence-corrected chi connectivity index (χ0v) is 16.2. The van der Waals surface area contributed by atoms with E-state index in [0.29, 0.717) is 0 Å². The van der Waals surface area contributed by atoms with Crippen LogP contribution in [0.1, 0.15) is 30.3 Å². The smallest absolute Gasteiger partial charge is 0.231 e. The number of likely N-dealkylation sites (tertiary alicyclic amines) is 1. The molecule has 2 aromatic heterocycles. The molecule has 6 rings (SSSR count). The molecule has 0 aliphatic carbocycles. The first kappa shape index (κ1) is 17.5. The first-order valence-corrected chi connectivity index (χ1v) is 10.1. The third-order valence-electron chi connectivity index (χ3n) is 5.89. The fourth-order valence-electron chi connectivity index (χ4n) is 4.44. The van der Waals surface area contributed by atoms with E-state index < -0.39 is 0 Å². The molecular formula is C22H20FN5O2. The van der Waals surface area contributed by atoms with Gasteiger partial charge >= 0.3 is 0 Å². The van der Waals surface area contributed by atoms with Gasteiger partial charge in [-0.1, -0.05) is 0 Å². The van der Waals surface area contributed by atoms with Gasteiger partial charge in [0.05, 0.1) is 29.0 Å². The van der Waals surface area contributed by atoms with E-state index in [0.717, 1.165) is 71.1 Å². The number of H-pyrrole nitrogens is 2. The predicted molar refractivity (Wildman–Crippen MR) is 109 cm³/mol. The fraction of sp³-hybridized carbons (Fsp3) is 0.273. The van der Waals surface area contributed by atoms with E-state index in [4.69, 9.17) is 14.5 Å². The molecule has 2 aliphatic heterocycles. The molecule has 7 nitrogen and oxygen atoms in total. The lowest BCUT2D eigenvalue weighted by Crippen LogP contribution is -2.23. The highest BCUT2D eigenvalue weighted by Gasteiger charge is 2.29. The summed E-state index contributed by atoms with van der Waals surface area (Å²) < 4.78 is 24.5. The Hall–Kier alpha value is -3.39. The van der Waals surface area contributed by atoms with Crippen molar-refractivity contribution >= 4 is 11.0 Å². The summed E-state index contributed by atoms with van der Waals surface area (Å²) in [4.78, 5) is 10.4. The minimum Gasteiger partial charge on any atom is -0.454 e. The third kappa shape index (κ3) is 2.91. The maximum Gasteiger partial charge on any atom is 0.231 e. The van der Waals surface area contributed by atoms with E-state index in [1.54, 1.807) is 6.07 Å². The normalized spacial score (nSPS) is 18.5. The molecule has 152 valence electrons. The number of imidazole rings is 1. The molecule has 2 N–H and O–H groups in total. The molecule has 1 fully saturated rings. The molecule has 8 heteroatoms. The second-order valence-electron chi connectivity index (χ2n) is 7.75. The Morgan fingerprint density at radius 3 is 3.03 bits per heavy atom. The summed E-state index contributed by atoms with van der Waals surface area (Å²) in [5.74, 6) is 2.15. The number of nitrogens with zero attached hydrogens (tertiary/aromatic N) is 3. The van der Waals surface area contributed by atoms with Crippen LogP contribution in [0.25, 0.3) is 22.3 Å². The summed E-state index contributed by atoms with van der Waals surface area (Å²) in [6.07, 6.45) is 3.98. The Balaban J connectivity index is 1.28. The maximum absolute atomic E-state index is 13.6. The number of aromatic amines is 2. The van der Waals surface area contributed by atoms with Crippen molar-refractivity contribution in [1.29, 1.82) is 0 Å². The lowest BCUT2D eigenvalue weighted by Gasteiger charge is -2.22. The summed E-state index contributed by atoms with van der Waals surface area (Å²) in [7, 11) is 0. The Bertz CT molecular complexity index is 1230. The van der Waals surface area contributed by atoms with Gasteiger partial charge in [0.15, 0.2) is 11.5 Å². The average molecular weight is 405 g/mol. The van der Waals surface area contributed by atoms with Crippen molar-refractivity contribution in [1.82, 2.24) is 25.1 Å². The van der Waals surface area contributed by atoms with E-state index >= 15 is 0 Å². The average Bonchev–Trinajstić information content (AvgIpc) is 3.53. The second-order valence-corrected chi connectivity index (χ2v) is 7.75. The molecule has 0 saturated carbocycles. The van der Waals surface area contributed by atoms with Gasteiger partial charge in [-0.3, -0.25) is 10.00 Å². The largest absolute Gasteiger partial charge is 0.454 e. The molecule has 0 bridgehead atoms. The standard InChI is InChI=1S/C22H20FN5O2/c23-15-4-5-16-17(9-15)26-22(25-16)18-2-1-7-28(18)11-14-10-24-27-21(14)13-3-6-19-20(8-13)30-12-29-19/h3-6,8-10,18H,1-2,7,11-12H2,(H,24,27)(H,25,26)/t18-/m0/s1. The number of hydrogen-bond acceptors (Lipinski definition) is 5. The molecule has 0 unspecified atom stereocenters. The van der Waals surface area contributed by atoms with Crippen molar-refractivity contribution in [3.05, 3.63) is 59.8 Å². The number of ether oxygens (including phenoxy) is 2. The van der Waals surface area contributed by atoms with Crippen molar-refractivity contribution in [2.24, 2.45) is 0 Å². The summed E-state index contributed by atoms with van der Waals surface area (Å²) in [5.41, 5.74) is 4.64. The summed E-state index contributed by atoms with van der Waals surface area (Å²) in [5, 5.41) is 7.42. The molecule has 4 aromatic rings. The fourth-order valence-corrected chi connectivity index (χ4v) is 4.44. The number of halogens is 1. The minimum absolute atomic E-state index is 0.167. The van der Waals surface area contributed by atoms with Crippen LogP contribution in [-0.4, -0.2) is 38.4 Å². The molecule has 1 saturated heterocycles. The van der Waals surface area contributed by atoms with Crippen LogP contribution in [0.3, 0.4) is 0 Å². The van der Waals surface area contributed by atoms with Crippen molar-refractivity contribution in [2.75, 3.05) is 13.3 Å². The molecule has 2 aliphatic rings. The van der Waals surface area contributed by atoms with Crippen LogP contribution in [0, 0.1) is 5.82 Å². The van der Waals surface area contributed by atoms with Gasteiger partial charge in [0.25, 0.3) is 0 Å². The number of hydrogen-bond donors (Lipinski definition) is 2. The van der Waals surface area contributed by atoms with Gasteiger partial charge < -0.3 is 14.5 Å². The van der Waals surface area contributed by atoms with Crippen LogP contribution in [-0.2, 0) is 6.54 Å². The third-order valence-corrected chi connectivity index (χ3v) is 5.89. The van der Waals surface area contributed by atoms with Crippen molar-refractivity contribution in [3.8, 4) is 22.8 Å². The summed E-state index contributed by atoms with van der Waals surface area (Å²) in [6.45, 7) is 1.98. The predicted octanol–water partition coefficient (Wildman–Crippen LogP) is 4.16. The lowest BCUT2D eigenvalue weighted by atomic mass is 10.1. The van der Waals surface area contributed by atoms with E-state index in [-0.39, 0.29) is 18.7 Å². The Morgan fingerprint density at radius 1 is 1.13 bits per heavy atom. The molecule has 0 amide bonds. The molecule has 2 aromatic carbocycles. The van der Waals surface area contributed by atoms with Crippen LogP contribution in [0.15, 0.2) is 42.6 Å². The van der Waals surface area contributed by atoms with E-state index in [1.165, 1.54) is 12.1 Å². The van der Waals surface area contributed by atoms with Gasteiger partial charge in [0.2, 0.25) is 6.79 Å². The summed E-state index contributed by atoms with van der Waals surface area (Å²) in [6, 6.07) is 10.8. The van der Waals surface area contributed by atoms with E-state index in [2.05, 4.69) is 20.1 Å². The highest BCUT2D eigenvalue weighted by Crippen LogP contribution is 2.38. The SMILES string of the molecule is Fc1ccc2nc([C@@H]3CCCN3Cc3cn[nH]c3-c3ccc4c(c3)OCO4)[nH]c2c1. The van der Waals surface area contributed by atoms with Crippen molar-refractivity contribution in [2.45, 2.75) is 25.4 Å². The Morgan fingerprint density at radius 2 is 2.07 bits per heavy atom. The molecule has 4 heterocycles. The minimum atomic E-state index is -0.257. The van der Waals surface area contributed by atoms with Crippen LogP contribution < -0.4 is 9.47 Å². The monoisotopic (exact) mass is 405 g/mol.